The Morgan fingerprint density at radius 3 is 2.81 bits per heavy atom. The first kappa shape index (κ1) is 13.1. The fourth-order valence-electron chi connectivity index (χ4n) is 2.09. The van der Waals surface area contributed by atoms with Gasteiger partial charge in [-0.15, -0.1) is 0 Å². The molecule has 0 saturated heterocycles. The maximum absolute atomic E-state index is 11.0. The second-order valence-electron chi connectivity index (χ2n) is 4.63. The first-order valence-electron chi connectivity index (χ1n) is 6.46. The Kier molecular flexibility index (Phi) is 3.47. The third kappa shape index (κ3) is 2.97. The second-order valence-corrected chi connectivity index (χ2v) is 4.63. The Morgan fingerprint density at radius 1 is 1.24 bits per heavy atom. The summed E-state index contributed by atoms with van der Waals surface area (Å²) in [6.07, 6.45) is 5.20. The van der Waals surface area contributed by atoms with Gasteiger partial charge in [0.2, 0.25) is 0 Å². The molecule has 0 aliphatic heterocycles. The van der Waals surface area contributed by atoms with Crippen molar-refractivity contribution in [2.45, 2.75) is 6.54 Å². The maximum Gasteiger partial charge on any atom is 0.269 e. The van der Waals surface area contributed by atoms with Crippen LogP contribution in [0.4, 0.5) is 0 Å². The number of benzene rings is 1. The Labute approximate surface area is 122 Å². The van der Waals surface area contributed by atoms with Crippen LogP contribution < -0.4 is 5.73 Å². The van der Waals surface area contributed by atoms with Gasteiger partial charge in [0, 0.05) is 24.7 Å². The highest BCUT2D eigenvalue weighted by Crippen LogP contribution is 2.19. The summed E-state index contributed by atoms with van der Waals surface area (Å²) < 4.78 is 1.64. The molecule has 2 heterocycles. The monoisotopic (exact) mass is 277 g/mol. The van der Waals surface area contributed by atoms with E-state index >= 15 is 0 Å². The van der Waals surface area contributed by atoms with Crippen molar-refractivity contribution < 1.29 is 4.79 Å². The molecule has 1 radical (unpaired) electrons. The number of nitrogens with zero attached hydrogens (tertiary/aromatic N) is 3. The molecule has 5 heteroatoms. The molecule has 2 N–H and O–H groups in total. The standard InChI is InChI=1S/C16H13N4O/c17-16(21)15-6-8-20(19-15)11-12-3-1-4-13(9-12)14-5-2-7-18-10-14/h1-5,7-10H,11H2,(H2,17,21). The van der Waals surface area contributed by atoms with E-state index in [9.17, 15) is 4.79 Å². The molecule has 0 bridgehead atoms. The van der Waals surface area contributed by atoms with Gasteiger partial charge in [0.1, 0.15) is 0 Å². The van der Waals surface area contributed by atoms with Crippen LogP contribution in [0.2, 0.25) is 0 Å². The maximum atomic E-state index is 11.0. The molecule has 0 aliphatic carbocycles. The van der Waals surface area contributed by atoms with Gasteiger partial charge in [0.05, 0.1) is 6.54 Å². The van der Waals surface area contributed by atoms with Crippen molar-refractivity contribution in [3.8, 4) is 11.1 Å². The summed E-state index contributed by atoms with van der Waals surface area (Å²) in [5, 5.41) is 4.08. The minimum Gasteiger partial charge on any atom is -0.364 e. The van der Waals surface area contributed by atoms with Crippen LogP contribution in [0.1, 0.15) is 16.1 Å². The number of aromatic nitrogens is 3. The molecule has 3 rings (SSSR count). The lowest BCUT2D eigenvalue weighted by molar-refractivity contribution is 0.0994. The van der Waals surface area contributed by atoms with Crippen LogP contribution in [0.3, 0.4) is 0 Å². The predicted molar refractivity (Wildman–Crippen MR) is 78.4 cm³/mol. The van der Waals surface area contributed by atoms with Crippen LogP contribution in [-0.2, 0) is 6.54 Å². The lowest BCUT2D eigenvalue weighted by Gasteiger charge is -2.05. The van der Waals surface area contributed by atoms with Gasteiger partial charge in [-0.05, 0) is 28.8 Å². The van der Waals surface area contributed by atoms with E-state index < -0.39 is 5.91 Å². The average molecular weight is 277 g/mol. The molecule has 1 amide bonds. The molecule has 0 fully saturated rings. The first-order chi connectivity index (χ1) is 10.2. The van der Waals surface area contributed by atoms with E-state index in [-0.39, 0.29) is 5.69 Å². The summed E-state index contributed by atoms with van der Waals surface area (Å²) in [4.78, 5) is 15.1. The van der Waals surface area contributed by atoms with Crippen molar-refractivity contribution in [2.24, 2.45) is 5.73 Å². The van der Waals surface area contributed by atoms with Gasteiger partial charge in [0.15, 0.2) is 5.69 Å². The molecule has 103 valence electrons. The minimum atomic E-state index is -0.571. The SMILES string of the molecule is NC(=O)c1[c]cn(Cc2cccc(-c3cccnc3)c2)n1. The average Bonchev–Trinajstić information content (AvgIpc) is 2.97. The lowest BCUT2D eigenvalue weighted by atomic mass is 10.1. The zero-order valence-electron chi connectivity index (χ0n) is 11.2. The molecule has 1 aromatic carbocycles. The van der Waals surface area contributed by atoms with Crippen LogP contribution in [0.5, 0.6) is 0 Å². The summed E-state index contributed by atoms with van der Waals surface area (Å²) in [5.41, 5.74) is 8.54. The Hall–Kier alpha value is -2.95. The lowest BCUT2D eigenvalue weighted by Crippen LogP contribution is -2.12. The Balaban J connectivity index is 1.84. The molecular formula is C16H13N4O. The summed E-state index contributed by atoms with van der Waals surface area (Å²) in [6, 6.07) is 14.8. The van der Waals surface area contributed by atoms with Crippen molar-refractivity contribution in [3.63, 3.8) is 0 Å². The Bertz CT molecular complexity index is 765. The highest BCUT2D eigenvalue weighted by molar-refractivity contribution is 5.90. The summed E-state index contributed by atoms with van der Waals surface area (Å²) in [5.74, 6) is -0.571. The molecule has 0 spiro atoms. The van der Waals surface area contributed by atoms with Gasteiger partial charge in [0.25, 0.3) is 5.91 Å². The van der Waals surface area contributed by atoms with Crippen LogP contribution in [0.15, 0.2) is 55.0 Å². The van der Waals surface area contributed by atoms with Crippen LogP contribution in [-0.4, -0.2) is 20.7 Å². The molecular weight excluding hydrogens is 264 g/mol. The largest absolute Gasteiger partial charge is 0.364 e. The molecule has 0 unspecified atom stereocenters. The van der Waals surface area contributed by atoms with Crippen molar-refractivity contribution in [3.05, 3.63) is 72.3 Å². The number of primary amides is 1. The van der Waals surface area contributed by atoms with Gasteiger partial charge >= 0.3 is 0 Å². The normalized spacial score (nSPS) is 10.5. The van der Waals surface area contributed by atoms with E-state index in [4.69, 9.17) is 5.73 Å². The van der Waals surface area contributed by atoms with Crippen molar-refractivity contribution in [1.29, 1.82) is 0 Å². The fourth-order valence-corrected chi connectivity index (χ4v) is 2.09. The number of hydrogen-bond donors (Lipinski definition) is 1. The first-order valence-corrected chi connectivity index (χ1v) is 6.46. The minimum absolute atomic E-state index is 0.151. The van der Waals surface area contributed by atoms with Crippen molar-refractivity contribution >= 4 is 5.91 Å². The summed E-state index contributed by atoms with van der Waals surface area (Å²) in [6.45, 7) is 0.553. The summed E-state index contributed by atoms with van der Waals surface area (Å²) >= 11 is 0. The van der Waals surface area contributed by atoms with Gasteiger partial charge < -0.3 is 5.73 Å². The molecule has 2 aromatic heterocycles. The van der Waals surface area contributed by atoms with Crippen LogP contribution >= 0.6 is 0 Å². The van der Waals surface area contributed by atoms with Gasteiger partial charge in [-0.25, -0.2) is 0 Å². The number of hydrogen-bond acceptors (Lipinski definition) is 3. The number of pyridine rings is 1. The molecule has 0 aliphatic rings. The number of carbonyl (C=O) groups excluding carboxylic acids is 1. The number of rotatable bonds is 4. The van der Waals surface area contributed by atoms with Gasteiger partial charge in [-0.3, -0.25) is 14.5 Å². The fraction of sp³-hybridized carbons (Fsp3) is 0.0625. The Morgan fingerprint density at radius 2 is 2.10 bits per heavy atom. The van der Waals surface area contributed by atoms with Gasteiger partial charge in [-0.2, -0.15) is 5.10 Å². The third-order valence-corrected chi connectivity index (χ3v) is 3.08. The topological polar surface area (TPSA) is 73.8 Å². The highest BCUT2D eigenvalue weighted by atomic mass is 16.1. The second kappa shape index (κ2) is 5.58. The quantitative estimate of drug-likeness (QED) is 0.791. The zero-order chi connectivity index (χ0) is 14.7. The van der Waals surface area contributed by atoms with E-state index in [1.54, 1.807) is 17.1 Å². The number of amides is 1. The van der Waals surface area contributed by atoms with E-state index in [0.717, 1.165) is 16.7 Å². The molecule has 0 atom stereocenters. The van der Waals surface area contributed by atoms with Crippen LogP contribution in [0, 0.1) is 6.07 Å². The smallest absolute Gasteiger partial charge is 0.269 e. The molecule has 21 heavy (non-hydrogen) atoms. The van der Waals surface area contributed by atoms with E-state index in [1.165, 1.54) is 0 Å². The number of carbonyl (C=O) groups is 1. The van der Waals surface area contributed by atoms with Crippen molar-refractivity contribution in [2.75, 3.05) is 0 Å². The summed E-state index contributed by atoms with van der Waals surface area (Å²) in [7, 11) is 0. The molecule has 0 saturated carbocycles. The van der Waals surface area contributed by atoms with E-state index in [0.29, 0.717) is 6.54 Å². The zero-order valence-corrected chi connectivity index (χ0v) is 11.2. The third-order valence-electron chi connectivity index (χ3n) is 3.08. The van der Waals surface area contributed by atoms with Crippen molar-refractivity contribution in [1.82, 2.24) is 14.8 Å². The van der Waals surface area contributed by atoms with E-state index in [1.807, 2.05) is 36.5 Å². The molecule has 5 nitrogen and oxygen atoms in total. The van der Waals surface area contributed by atoms with Crippen LogP contribution in [0.25, 0.3) is 11.1 Å². The highest BCUT2D eigenvalue weighted by Gasteiger charge is 2.06. The van der Waals surface area contributed by atoms with Gasteiger partial charge in [-0.1, -0.05) is 24.3 Å². The predicted octanol–water partition coefficient (Wildman–Crippen LogP) is 1.89. The molecule has 3 aromatic rings. The van der Waals surface area contributed by atoms with E-state index in [2.05, 4.69) is 22.2 Å². The number of nitrogens with two attached hydrogens (primary N) is 1.